The Morgan fingerprint density at radius 2 is 2.06 bits per heavy atom. The molecule has 3 aliphatic heterocycles. The molecule has 0 saturated carbocycles. The van der Waals surface area contributed by atoms with Crippen molar-refractivity contribution in [2.75, 3.05) is 50.2 Å². The number of halogens is 1. The average molecular weight is 475 g/mol. The zero-order valence-electron chi connectivity index (χ0n) is 18.2. The fraction of sp³-hybridized carbons (Fsp3) is 0.545. The maximum atomic E-state index is 10.0. The van der Waals surface area contributed by atoms with E-state index in [9.17, 15) is 5.11 Å². The van der Waals surface area contributed by atoms with Crippen LogP contribution in [0, 0.1) is 10.8 Å². The molecular formula is C22H27ClN6O4. The molecule has 3 aliphatic rings. The van der Waals surface area contributed by atoms with E-state index < -0.39 is 0 Å². The second-order valence-corrected chi connectivity index (χ2v) is 9.18. The van der Waals surface area contributed by atoms with Gasteiger partial charge in [-0.15, -0.1) is 0 Å². The molecule has 3 fully saturated rings. The van der Waals surface area contributed by atoms with E-state index in [4.69, 9.17) is 37.0 Å². The number of hydrogen-bond acceptors (Lipinski definition) is 10. The Bertz CT molecular complexity index is 1050. The lowest BCUT2D eigenvalue weighted by molar-refractivity contribution is -0.0812. The predicted molar refractivity (Wildman–Crippen MR) is 122 cm³/mol. The van der Waals surface area contributed by atoms with Crippen LogP contribution in [0.4, 0.5) is 11.6 Å². The summed E-state index contributed by atoms with van der Waals surface area (Å²) < 4.78 is 16.5. The molecule has 0 aliphatic carbocycles. The van der Waals surface area contributed by atoms with Crippen molar-refractivity contribution in [2.45, 2.75) is 32.0 Å². The van der Waals surface area contributed by atoms with Gasteiger partial charge in [-0.3, -0.25) is 5.41 Å². The third-order valence-corrected chi connectivity index (χ3v) is 7.05. The number of hydrogen-bond donors (Lipinski definition) is 3. The van der Waals surface area contributed by atoms with Crippen molar-refractivity contribution in [3.05, 3.63) is 34.2 Å². The zero-order chi connectivity index (χ0) is 23.0. The summed E-state index contributed by atoms with van der Waals surface area (Å²) in [5.74, 6) is 0.908. The van der Waals surface area contributed by atoms with Gasteiger partial charge < -0.3 is 30.0 Å². The third-order valence-electron chi connectivity index (χ3n) is 6.68. The summed E-state index contributed by atoms with van der Waals surface area (Å²) in [6.07, 6.45) is 4.50. The number of aliphatic hydroxyl groups is 1. The summed E-state index contributed by atoms with van der Waals surface area (Å²) in [4.78, 5) is 15.4. The molecule has 5 rings (SSSR count). The van der Waals surface area contributed by atoms with Crippen molar-refractivity contribution in [3.63, 3.8) is 0 Å². The van der Waals surface area contributed by atoms with Crippen LogP contribution >= 0.6 is 11.6 Å². The monoisotopic (exact) mass is 474 g/mol. The fourth-order valence-corrected chi connectivity index (χ4v) is 4.77. The molecule has 0 amide bonds. The van der Waals surface area contributed by atoms with E-state index in [1.807, 2.05) is 0 Å². The van der Waals surface area contributed by atoms with Crippen LogP contribution < -0.4 is 15.4 Å². The largest absolute Gasteiger partial charge is 0.468 e. The van der Waals surface area contributed by atoms with Crippen molar-refractivity contribution in [2.24, 2.45) is 5.41 Å². The molecule has 0 bridgehead atoms. The first kappa shape index (κ1) is 22.3. The third kappa shape index (κ3) is 4.23. The van der Waals surface area contributed by atoms with Gasteiger partial charge in [0, 0.05) is 31.5 Å². The number of piperidine rings is 1. The lowest BCUT2D eigenvalue weighted by Gasteiger charge is -2.39. The number of aromatic nitrogens is 3. The van der Waals surface area contributed by atoms with Gasteiger partial charge >= 0.3 is 0 Å². The molecule has 3 saturated heterocycles. The number of nitrogens with one attached hydrogen (secondary N) is 1. The topological polar surface area (TPSA) is 140 Å². The highest BCUT2D eigenvalue weighted by atomic mass is 35.5. The second kappa shape index (κ2) is 9.02. The Hall–Kier alpha value is -2.53. The smallest absolute Gasteiger partial charge is 0.233 e. The predicted octanol–water partition coefficient (Wildman–Crippen LogP) is 1.80. The lowest BCUT2D eigenvalue weighted by atomic mass is 9.78. The number of pyridine rings is 1. The van der Waals surface area contributed by atoms with Crippen LogP contribution in [0.15, 0.2) is 12.3 Å². The summed E-state index contributed by atoms with van der Waals surface area (Å²) in [7, 11) is 0. The molecule has 5 heterocycles. The van der Waals surface area contributed by atoms with Gasteiger partial charge in [-0.1, -0.05) is 11.6 Å². The number of nitrogens with two attached hydrogens (primary N) is 1. The van der Waals surface area contributed by atoms with Gasteiger partial charge in [-0.05, 0) is 30.7 Å². The van der Waals surface area contributed by atoms with Crippen molar-refractivity contribution < 1.29 is 19.3 Å². The van der Waals surface area contributed by atoms with Gasteiger partial charge in [-0.25, -0.2) is 15.0 Å². The number of nitrogens with zero attached hydrogens (tertiary/aromatic N) is 4. The Balaban J connectivity index is 1.39. The Morgan fingerprint density at radius 1 is 1.27 bits per heavy atom. The van der Waals surface area contributed by atoms with Crippen LogP contribution in [0.1, 0.15) is 36.2 Å². The molecule has 176 valence electrons. The molecule has 0 radical (unpaired) electrons. The van der Waals surface area contributed by atoms with Crippen molar-refractivity contribution in [1.82, 2.24) is 15.0 Å². The van der Waals surface area contributed by atoms with E-state index in [1.165, 1.54) is 6.20 Å². The van der Waals surface area contributed by atoms with Crippen LogP contribution in [0.2, 0.25) is 5.02 Å². The quantitative estimate of drug-likeness (QED) is 0.534. The van der Waals surface area contributed by atoms with E-state index in [0.29, 0.717) is 30.3 Å². The summed E-state index contributed by atoms with van der Waals surface area (Å²) in [6, 6.07) is 1.61. The number of ether oxygens (including phenoxy) is 3. The summed E-state index contributed by atoms with van der Waals surface area (Å²) in [5, 5.41) is 18.9. The molecule has 2 aromatic rings. The van der Waals surface area contributed by atoms with Crippen LogP contribution in [-0.2, 0) is 16.1 Å². The maximum Gasteiger partial charge on any atom is 0.233 e. The highest BCUT2D eigenvalue weighted by Gasteiger charge is 2.39. The Labute approximate surface area is 196 Å². The standard InChI is InChI=1S/C22H27ClN6O4/c23-16-14(1-5-26-21(16)33-13-10-32-11-13)17(24)18-19(25)28-20(15(9-30)27-18)29-6-2-22(3-7-29)4-8-31-12-22/h1,5,13,24,30H,2-4,6-12H2,(H2,25,28). The Kier molecular flexibility index (Phi) is 6.09. The fourth-order valence-electron chi connectivity index (χ4n) is 4.52. The first-order valence-electron chi connectivity index (χ1n) is 11.1. The molecule has 11 heteroatoms. The van der Waals surface area contributed by atoms with Crippen LogP contribution in [0.25, 0.3) is 0 Å². The summed E-state index contributed by atoms with van der Waals surface area (Å²) in [5.41, 5.74) is 7.42. The van der Waals surface area contributed by atoms with Gasteiger partial charge in [0.25, 0.3) is 0 Å². The second-order valence-electron chi connectivity index (χ2n) is 8.81. The average Bonchev–Trinajstić information content (AvgIpc) is 3.25. The van der Waals surface area contributed by atoms with Crippen molar-refractivity contribution >= 4 is 28.9 Å². The van der Waals surface area contributed by atoms with Crippen molar-refractivity contribution in [1.29, 1.82) is 5.41 Å². The van der Waals surface area contributed by atoms with Gasteiger partial charge in [0.15, 0.2) is 11.6 Å². The van der Waals surface area contributed by atoms with Crippen LogP contribution in [0.5, 0.6) is 5.88 Å². The van der Waals surface area contributed by atoms with Crippen LogP contribution in [0.3, 0.4) is 0 Å². The van der Waals surface area contributed by atoms with E-state index >= 15 is 0 Å². The zero-order valence-corrected chi connectivity index (χ0v) is 19.0. The van der Waals surface area contributed by atoms with Gasteiger partial charge in [0.1, 0.15) is 22.5 Å². The normalized spacial score (nSPS) is 20.1. The molecule has 4 N–H and O–H groups in total. The summed E-state index contributed by atoms with van der Waals surface area (Å²) in [6.45, 7) is 3.86. The molecule has 0 atom stereocenters. The Morgan fingerprint density at radius 3 is 2.70 bits per heavy atom. The number of anilines is 2. The molecule has 10 nitrogen and oxygen atoms in total. The SMILES string of the molecule is N=C(c1ccnc(OC2COC2)c1Cl)c1nc(CO)c(N2CCC3(CCOC3)CC2)nc1N. The molecule has 2 aromatic heterocycles. The number of rotatable bonds is 6. The van der Waals surface area contributed by atoms with E-state index in [1.54, 1.807) is 6.07 Å². The minimum atomic E-state index is -0.312. The van der Waals surface area contributed by atoms with E-state index in [2.05, 4.69) is 19.9 Å². The van der Waals surface area contributed by atoms with Crippen LogP contribution in [-0.4, -0.2) is 71.4 Å². The first-order valence-corrected chi connectivity index (χ1v) is 11.5. The van der Waals surface area contributed by atoms with Gasteiger partial charge in [0.05, 0.1) is 32.1 Å². The summed E-state index contributed by atoms with van der Waals surface area (Å²) >= 11 is 6.49. The first-order chi connectivity index (χ1) is 16.0. The number of nitrogen functional groups attached to an aromatic ring is 1. The lowest BCUT2D eigenvalue weighted by Crippen LogP contribution is -2.41. The maximum absolute atomic E-state index is 10.0. The number of aliphatic hydroxyl groups excluding tert-OH is 1. The van der Waals surface area contributed by atoms with Gasteiger partial charge in [-0.2, -0.15) is 0 Å². The minimum Gasteiger partial charge on any atom is -0.468 e. The highest BCUT2D eigenvalue weighted by molar-refractivity contribution is 6.36. The van der Waals surface area contributed by atoms with E-state index in [0.717, 1.165) is 45.6 Å². The highest BCUT2D eigenvalue weighted by Crippen LogP contribution is 2.40. The molecule has 0 unspecified atom stereocenters. The molecular weight excluding hydrogens is 448 g/mol. The van der Waals surface area contributed by atoms with Gasteiger partial charge in [0.2, 0.25) is 5.88 Å². The van der Waals surface area contributed by atoms with Crippen molar-refractivity contribution in [3.8, 4) is 5.88 Å². The minimum absolute atomic E-state index is 0.0101. The molecule has 1 spiro atoms. The molecule has 33 heavy (non-hydrogen) atoms. The van der Waals surface area contributed by atoms with E-state index in [-0.39, 0.29) is 46.3 Å². The molecule has 0 aromatic carbocycles.